The molecule has 2 aromatic rings. The Morgan fingerprint density at radius 1 is 1.00 bits per heavy atom. The molecule has 166 valence electrons. The number of amides is 2. The molecule has 0 bridgehead atoms. The van der Waals surface area contributed by atoms with Crippen molar-refractivity contribution in [3.8, 4) is 0 Å². The van der Waals surface area contributed by atoms with Crippen molar-refractivity contribution >= 4 is 40.4 Å². The monoisotopic (exact) mass is 441 g/mol. The minimum atomic E-state index is -0.465. The molecule has 31 heavy (non-hydrogen) atoms. The number of nitrogens with zero attached hydrogens (tertiary/aromatic N) is 1. The van der Waals surface area contributed by atoms with Crippen LogP contribution in [-0.2, 0) is 9.53 Å². The number of anilines is 1. The molecule has 1 saturated carbocycles. The molecule has 0 spiro atoms. The SMILES string of the molecule is CC(C)(C)OC(=O)N1CCC(NSc2ccc(NC(=O)C3CC3)c3ccccc23)CC1. The van der Waals surface area contributed by atoms with E-state index in [2.05, 4.69) is 28.2 Å². The minimum absolute atomic E-state index is 0.125. The van der Waals surface area contributed by atoms with Crippen molar-refractivity contribution in [3.63, 3.8) is 0 Å². The van der Waals surface area contributed by atoms with Crippen LogP contribution >= 0.6 is 11.9 Å². The van der Waals surface area contributed by atoms with E-state index in [1.54, 1.807) is 16.8 Å². The maximum absolute atomic E-state index is 12.2. The van der Waals surface area contributed by atoms with Gasteiger partial charge in [0.25, 0.3) is 0 Å². The lowest BCUT2D eigenvalue weighted by Gasteiger charge is -2.33. The second-order valence-corrected chi connectivity index (χ2v) is 10.3. The van der Waals surface area contributed by atoms with E-state index in [4.69, 9.17) is 4.74 Å². The number of benzene rings is 2. The van der Waals surface area contributed by atoms with Crippen LogP contribution in [0.5, 0.6) is 0 Å². The molecule has 2 aliphatic rings. The number of carbonyl (C=O) groups excluding carboxylic acids is 2. The van der Waals surface area contributed by atoms with Crippen molar-refractivity contribution in [1.29, 1.82) is 0 Å². The van der Waals surface area contributed by atoms with Crippen LogP contribution in [0, 0.1) is 5.92 Å². The second-order valence-electron chi connectivity index (χ2n) is 9.38. The van der Waals surface area contributed by atoms with E-state index >= 15 is 0 Å². The highest BCUT2D eigenvalue weighted by Crippen LogP contribution is 2.35. The Hall–Kier alpha value is -2.25. The first-order valence-corrected chi connectivity index (χ1v) is 11.8. The van der Waals surface area contributed by atoms with Crippen LogP contribution in [0.3, 0.4) is 0 Å². The molecule has 2 aromatic carbocycles. The second kappa shape index (κ2) is 9.09. The molecule has 0 radical (unpaired) electrons. The van der Waals surface area contributed by atoms with Gasteiger partial charge in [0.1, 0.15) is 5.60 Å². The molecular weight excluding hydrogens is 410 g/mol. The van der Waals surface area contributed by atoms with E-state index in [0.29, 0.717) is 19.1 Å². The third-order valence-electron chi connectivity index (χ3n) is 5.57. The molecule has 0 unspecified atom stereocenters. The van der Waals surface area contributed by atoms with Crippen LogP contribution in [0.2, 0.25) is 0 Å². The zero-order valence-corrected chi connectivity index (χ0v) is 19.3. The Morgan fingerprint density at radius 3 is 2.32 bits per heavy atom. The lowest BCUT2D eigenvalue weighted by molar-refractivity contribution is -0.117. The van der Waals surface area contributed by atoms with Crippen LogP contribution in [0.15, 0.2) is 41.3 Å². The van der Waals surface area contributed by atoms with Gasteiger partial charge in [0, 0.05) is 41.0 Å². The van der Waals surface area contributed by atoms with Crippen LogP contribution in [0.1, 0.15) is 46.5 Å². The fourth-order valence-electron chi connectivity index (χ4n) is 3.70. The summed E-state index contributed by atoms with van der Waals surface area (Å²) >= 11 is 1.62. The van der Waals surface area contributed by atoms with Crippen molar-refractivity contribution in [2.75, 3.05) is 18.4 Å². The molecule has 1 saturated heterocycles. The predicted molar refractivity (Wildman–Crippen MR) is 125 cm³/mol. The fourth-order valence-corrected chi connectivity index (χ4v) is 4.66. The molecule has 6 nitrogen and oxygen atoms in total. The molecule has 2 N–H and O–H groups in total. The zero-order chi connectivity index (χ0) is 22.0. The van der Waals surface area contributed by atoms with Gasteiger partial charge in [0.2, 0.25) is 5.91 Å². The van der Waals surface area contributed by atoms with E-state index in [-0.39, 0.29) is 17.9 Å². The average Bonchev–Trinajstić information content (AvgIpc) is 3.58. The maximum Gasteiger partial charge on any atom is 0.410 e. The lowest BCUT2D eigenvalue weighted by Crippen LogP contribution is -2.45. The number of hydrogen-bond donors (Lipinski definition) is 2. The van der Waals surface area contributed by atoms with Gasteiger partial charge in [-0.3, -0.25) is 9.52 Å². The largest absolute Gasteiger partial charge is 0.444 e. The molecule has 4 rings (SSSR count). The molecule has 1 aliphatic carbocycles. The summed E-state index contributed by atoms with van der Waals surface area (Å²) in [5.41, 5.74) is 0.412. The number of fused-ring (bicyclic) bond motifs is 1. The zero-order valence-electron chi connectivity index (χ0n) is 18.4. The summed E-state index contributed by atoms with van der Waals surface area (Å²) in [5, 5.41) is 5.28. The standard InChI is InChI=1S/C24H31N3O3S/c1-24(2,3)30-23(29)27-14-12-17(13-15-27)26-31-21-11-10-20(25-22(28)16-8-9-16)18-6-4-5-7-19(18)21/h4-7,10-11,16-17,26H,8-9,12-15H2,1-3H3,(H,25,28). The summed E-state index contributed by atoms with van der Waals surface area (Å²) < 4.78 is 9.06. The summed E-state index contributed by atoms with van der Waals surface area (Å²) in [6.45, 7) is 7.06. The topological polar surface area (TPSA) is 70.7 Å². The Kier molecular flexibility index (Phi) is 6.44. The van der Waals surface area contributed by atoms with Gasteiger partial charge < -0.3 is 15.0 Å². The molecule has 2 fully saturated rings. The van der Waals surface area contributed by atoms with Crippen molar-refractivity contribution in [3.05, 3.63) is 36.4 Å². The van der Waals surface area contributed by atoms with Gasteiger partial charge in [-0.15, -0.1) is 0 Å². The molecule has 1 heterocycles. The number of carbonyl (C=O) groups is 2. The number of piperidine rings is 1. The van der Waals surface area contributed by atoms with Gasteiger partial charge in [-0.2, -0.15) is 0 Å². The lowest BCUT2D eigenvalue weighted by atomic mass is 10.1. The summed E-state index contributed by atoms with van der Waals surface area (Å²) in [6.07, 6.45) is 3.54. The van der Waals surface area contributed by atoms with E-state index in [1.807, 2.05) is 39.0 Å². The van der Waals surface area contributed by atoms with Gasteiger partial charge in [0.15, 0.2) is 0 Å². The normalized spacial score (nSPS) is 17.6. The van der Waals surface area contributed by atoms with Gasteiger partial charge in [-0.25, -0.2) is 4.79 Å². The first kappa shape index (κ1) is 22.0. The number of hydrogen-bond acceptors (Lipinski definition) is 5. The predicted octanol–water partition coefficient (Wildman–Crippen LogP) is 5.18. The maximum atomic E-state index is 12.2. The van der Waals surface area contributed by atoms with Crippen molar-refractivity contribution < 1.29 is 14.3 Å². The summed E-state index contributed by atoms with van der Waals surface area (Å²) in [7, 11) is 0. The Bertz CT molecular complexity index is 960. The fraction of sp³-hybridized carbons (Fsp3) is 0.500. The van der Waals surface area contributed by atoms with Crippen LogP contribution in [0.4, 0.5) is 10.5 Å². The first-order valence-electron chi connectivity index (χ1n) is 11.0. The van der Waals surface area contributed by atoms with Crippen molar-refractivity contribution in [2.24, 2.45) is 5.92 Å². The number of rotatable bonds is 5. The van der Waals surface area contributed by atoms with Crippen LogP contribution < -0.4 is 10.0 Å². The van der Waals surface area contributed by atoms with E-state index in [0.717, 1.165) is 47.0 Å². The molecule has 2 amide bonds. The van der Waals surface area contributed by atoms with E-state index in [1.165, 1.54) is 0 Å². The molecule has 1 aliphatic heterocycles. The highest BCUT2D eigenvalue weighted by Gasteiger charge is 2.30. The third-order valence-corrected chi connectivity index (χ3v) is 6.60. The summed E-state index contributed by atoms with van der Waals surface area (Å²) in [4.78, 5) is 27.4. The van der Waals surface area contributed by atoms with Crippen molar-refractivity contribution in [1.82, 2.24) is 9.62 Å². The smallest absolute Gasteiger partial charge is 0.410 e. The molecule has 7 heteroatoms. The minimum Gasteiger partial charge on any atom is -0.444 e. The van der Waals surface area contributed by atoms with Gasteiger partial charge >= 0.3 is 6.09 Å². The Balaban J connectivity index is 1.35. The summed E-state index contributed by atoms with van der Waals surface area (Å²) in [6, 6.07) is 12.6. The van der Waals surface area contributed by atoms with Gasteiger partial charge in [-0.1, -0.05) is 24.3 Å². The Morgan fingerprint density at radius 2 is 1.68 bits per heavy atom. The van der Waals surface area contributed by atoms with E-state index < -0.39 is 5.60 Å². The number of nitrogens with one attached hydrogen (secondary N) is 2. The van der Waals surface area contributed by atoms with Crippen LogP contribution in [-0.4, -0.2) is 41.6 Å². The van der Waals surface area contributed by atoms with E-state index in [9.17, 15) is 9.59 Å². The Labute approximate surface area is 188 Å². The summed E-state index contributed by atoms with van der Waals surface area (Å²) in [5.74, 6) is 0.307. The first-order chi connectivity index (χ1) is 14.8. The average molecular weight is 442 g/mol. The number of ether oxygens (including phenoxy) is 1. The van der Waals surface area contributed by atoms with Crippen LogP contribution in [0.25, 0.3) is 10.8 Å². The van der Waals surface area contributed by atoms with Gasteiger partial charge in [-0.05, 0) is 75.9 Å². The molecule has 0 atom stereocenters. The highest BCUT2D eigenvalue weighted by atomic mass is 32.2. The highest BCUT2D eigenvalue weighted by molar-refractivity contribution is 7.97. The third kappa shape index (κ3) is 5.71. The molecule has 0 aromatic heterocycles. The number of likely N-dealkylation sites (tertiary alicyclic amines) is 1. The van der Waals surface area contributed by atoms with Crippen molar-refractivity contribution in [2.45, 2.75) is 63.0 Å². The molecular formula is C24H31N3O3S. The quantitative estimate of drug-likeness (QED) is 0.625. The van der Waals surface area contributed by atoms with Gasteiger partial charge in [0.05, 0.1) is 0 Å².